The molecule has 0 saturated carbocycles. The summed E-state index contributed by atoms with van der Waals surface area (Å²) in [6.07, 6.45) is 0. The Balaban J connectivity index is 2.00. The Hall–Kier alpha value is -1.42. The highest BCUT2D eigenvalue weighted by Crippen LogP contribution is 2.19. The molecule has 3 nitrogen and oxygen atoms in total. The van der Waals surface area contributed by atoms with Gasteiger partial charge in [-0.25, -0.2) is 9.78 Å². The lowest BCUT2D eigenvalue weighted by Gasteiger charge is -2.16. The second kappa shape index (κ2) is 5.48. The van der Waals surface area contributed by atoms with Crippen LogP contribution in [-0.4, -0.2) is 5.60 Å². The van der Waals surface area contributed by atoms with Crippen LogP contribution >= 0.6 is 0 Å². The molecular weight excluding hydrogens is 228 g/mol. The molecule has 0 aliphatic rings. The summed E-state index contributed by atoms with van der Waals surface area (Å²) < 4.78 is 0. The van der Waals surface area contributed by atoms with Crippen LogP contribution in [0.4, 0.5) is 0 Å². The summed E-state index contributed by atoms with van der Waals surface area (Å²) in [7, 11) is 0. The summed E-state index contributed by atoms with van der Waals surface area (Å²) in [5.74, 6) is 0. The van der Waals surface area contributed by atoms with Crippen molar-refractivity contribution < 1.29 is 14.8 Å². The molecule has 0 saturated heterocycles. The first-order valence-corrected chi connectivity index (χ1v) is 6.00. The third-order valence-electron chi connectivity index (χ3n) is 2.43. The first kappa shape index (κ1) is 13.0. The predicted octanol–water partition coefficient (Wildman–Crippen LogP) is 4.02. The van der Waals surface area contributed by atoms with Gasteiger partial charge in [-0.1, -0.05) is 47.5 Å². The average molecular weight is 246 g/mol. The van der Waals surface area contributed by atoms with E-state index in [-0.39, 0.29) is 5.60 Å². The van der Waals surface area contributed by atoms with Crippen molar-refractivity contribution in [3.05, 3.63) is 48.0 Å². The second-order valence-electron chi connectivity index (χ2n) is 5.16. The minimum atomic E-state index is -0.376. The summed E-state index contributed by atoms with van der Waals surface area (Å²) in [5, 5.41) is 7.11. The number of fused-ring (bicyclic) bond motifs is 1. The first-order chi connectivity index (χ1) is 8.56. The van der Waals surface area contributed by atoms with Gasteiger partial charge in [0.05, 0.1) is 5.60 Å². The van der Waals surface area contributed by atoms with Gasteiger partial charge < -0.3 is 0 Å². The Bertz CT molecular complexity index is 509. The molecule has 0 aliphatic heterocycles. The molecule has 0 heterocycles. The molecule has 18 heavy (non-hydrogen) atoms. The van der Waals surface area contributed by atoms with Crippen LogP contribution in [0.3, 0.4) is 0 Å². The normalized spacial score (nSPS) is 11.9. The Morgan fingerprint density at radius 1 is 0.944 bits per heavy atom. The van der Waals surface area contributed by atoms with E-state index in [0.29, 0.717) is 6.61 Å². The van der Waals surface area contributed by atoms with Gasteiger partial charge in [-0.2, -0.15) is 0 Å². The molecule has 2 aromatic rings. The van der Waals surface area contributed by atoms with Crippen molar-refractivity contribution >= 4 is 10.8 Å². The van der Waals surface area contributed by atoms with E-state index < -0.39 is 0 Å². The highest BCUT2D eigenvalue weighted by Gasteiger charge is 2.12. The van der Waals surface area contributed by atoms with Crippen molar-refractivity contribution in [2.24, 2.45) is 0 Å². The van der Waals surface area contributed by atoms with Gasteiger partial charge >= 0.3 is 0 Å². The SMILES string of the molecule is CC(C)(C)OOOCc1cccc2ccccc12. The molecule has 0 unspecified atom stereocenters. The predicted molar refractivity (Wildman–Crippen MR) is 70.7 cm³/mol. The number of hydrogen-bond donors (Lipinski definition) is 0. The minimum Gasteiger partial charge on any atom is -0.201 e. The molecule has 0 bridgehead atoms. The highest BCUT2D eigenvalue weighted by atomic mass is 17.5. The van der Waals surface area contributed by atoms with Crippen molar-refractivity contribution in [1.82, 2.24) is 0 Å². The molecule has 96 valence electrons. The molecule has 0 aromatic heterocycles. The lowest BCUT2D eigenvalue weighted by atomic mass is 10.1. The summed E-state index contributed by atoms with van der Waals surface area (Å²) in [6.45, 7) is 6.05. The summed E-state index contributed by atoms with van der Waals surface area (Å²) >= 11 is 0. The van der Waals surface area contributed by atoms with Crippen LogP contribution < -0.4 is 0 Å². The van der Waals surface area contributed by atoms with Gasteiger partial charge in [-0.05, 0) is 37.1 Å². The van der Waals surface area contributed by atoms with Gasteiger partial charge in [-0.3, -0.25) is 0 Å². The van der Waals surface area contributed by atoms with Gasteiger partial charge in [0.25, 0.3) is 0 Å². The fourth-order valence-electron chi connectivity index (χ4n) is 1.63. The number of benzene rings is 2. The highest BCUT2D eigenvalue weighted by molar-refractivity contribution is 5.85. The van der Waals surface area contributed by atoms with E-state index in [1.165, 1.54) is 10.8 Å². The van der Waals surface area contributed by atoms with E-state index >= 15 is 0 Å². The van der Waals surface area contributed by atoms with E-state index in [9.17, 15) is 0 Å². The quantitative estimate of drug-likeness (QED) is 0.463. The van der Waals surface area contributed by atoms with E-state index in [0.717, 1.165) is 5.56 Å². The van der Waals surface area contributed by atoms with E-state index in [2.05, 4.69) is 18.2 Å². The van der Waals surface area contributed by atoms with Gasteiger partial charge in [0.2, 0.25) is 0 Å². The summed E-state index contributed by atoms with van der Waals surface area (Å²) in [6, 6.07) is 14.3. The van der Waals surface area contributed by atoms with Crippen LogP contribution in [0.1, 0.15) is 26.3 Å². The maximum atomic E-state index is 5.08. The molecule has 0 N–H and O–H groups in total. The third-order valence-corrected chi connectivity index (χ3v) is 2.43. The molecule has 3 heteroatoms. The number of hydrogen-bond acceptors (Lipinski definition) is 3. The van der Waals surface area contributed by atoms with Crippen LogP contribution in [0.25, 0.3) is 10.8 Å². The topological polar surface area (TPSA) is 27.7 Å². The van der Waals surface area contributed by atoms with Crippen LogP contribution in [0.2, 0.25) is 0 Å². The van der Waals surface area contributed by atoms with E-state index in [4.69, 9.17) is 14.8 Å². The zero-order valence-electron chi connectivity index (χ0n) is 11.0. The minimum absolute atomic E-state index is 0.359. The maximum absolute atomic E-state index is 5.08. The van der Waals surface area contributed by atoms with E-state index in [1.807, 2.05) is 45.0 Å². The largest absolute Gasteiger partial charge is 0.201 e. The molecule has 0 atom stereocenters. The average Bonchev–Trinajstić information content (AvgIpc) is 2.33. The Kier molecular flexibility index (Phi) is 3.97. The standard InChI is InChI=1S/C15H18O3/c1-15(2,3)17-18-16-11-13-9-6-8-12-7-4-5-10-14(12)13/h4-10H,11H2,1-3H3. The van der Waals surface area contributed by atoms with Crippen molar-refractivity contribution in [1.29, 1.82) is 0 Å². The van der Waals surface area contributed by atoms with Crippen LogP contribution in [-0.2, 0) is 21.4 Å². The maximum Gasteiger partial charge on any atom is 0.111 e. The Labute approximate surface area is 107 Å². The van der Waals surface area contributed by atoms with E-state index in [1.54, 1.807) is 0 Å². The van der Waals surface area contributed by atoms with Crippen LogP contribution in [0.5, 0.6) is 0 Å². The van der Waals surface area contributed by atoms with Gasteiger partial charge in [0, 0.05) is 0 Å². The monoisotopic (exact) mass is 246 g/mol. The summed E-state index contributed by atoms with van der Waals surface area (Å²) in [4.78, 5) is 10.1. The third kappa shape index (κ3) is 3.53. The van der Waals surface area contributed by atoms with Gasteiger partial charge in [0.15, 0.2) is 0 Å². The zero-order chi connectivity index (χ0) is 13.0. The molecule has 2 aromatic carbocycles. The van der Waals surface area contributed by atoms with Crippen molar-refractivity contribution in [2.45, 2.75) is 33.0 Å². The first-order valence-electron chi connectivity index (χ1n) is 6.00. The van der Waals surface area contributed by atoms with Crippen LogP contribution in [0.15, 0.2) is 42.5 Å². The molecule has 2 rings (SSSR count). The lowest BCUT2D eigenvalue weighted by molar-refractivity contribution is -0.543. The van der Waals surface area contributed by atoms with Crippen LogP contribution in [0, 0.1) is 0 Å². The molecule has 0 aliphatic carbocycles. The fraction of sp³-hybridized carbons (Fsp3) is 0.333. The molecule has 0 fully saturated rings. The zero-order valence-corrected chi connectivity index (χ0v) is 11.0. The Morgan fingerprint density at radius 2 is 1.67 bits per heavy atom. The lowest BCUT2D eigenvalue weighted by Crippen LogP contribution is -2.19. The fourth-order valence-corrected chi connectivity index (χ4v) is 1.63. The van der Waals surface area contributed by atoms with Crippen molar-refractivity contribution in [3.63, 3.8) is 0 Å². The summed E-state index contributed by atoms with van der Waals surface area (Å²) in [5.41, 5.74) is 0.698. The molecular formula is C15H18O3. The van der Waals surface area contributed by atoms with Crippen molar-refractivity contribution in [2.75, 3.05) is 0 Å². The van der Waals surface area contributed by atoms with Gasteiger partial charge in [0.1, 0.15) is 6.61 Å². The number of rotatable bonds is 4. The van der Waals surface area contributed by atoms with Crippen molar-refractivity contribution in [3.8, 4) is 0 Å². The smallest absolute Gasteiger partial charge is 0.111 e. The molecule has 0 amide bonds. The Morgan fingerprint density at radius 3 is 2.44 bits per heavy atom. The van der Waals surface area contributed by atoms with Gasteiger partial charge in [-0.15, -0.1) is 0 Å². The second-order valence-corrected chi connectivity index (χ2v) is 5.16. The molecule has 0 radical (unpaired) electrons. The molecule has 0 spiro atoms.